The Labute approximate surface area is 139 Å². The van der Waals surface area contributed by atoms with Crippen LogP contribution in [0.3, 0.4) is 0 Å². The first-order valence-electron chi connectivity index (χ1n) is 7.36. The van der Waals surface area contributed by atoms with Crippen molar-refractivity contribution >= 4 is 22.5 Å². The molecule has 0 saturated heterocycles. The summed E-state index contributed by atoms with van der Waals surface area (Å²) in [6.45, 7) is 2.07. The first kappa shape index (κ1) is 14.0. The number of hydrogen-bond donors (Lipinski definition) is 0. The summed E-state index contributed by atoms with van der Waals surface area (Å²) in [6, 6.07) is 14.1. The zero-order valence-corrected chi connectivity index (χ0v) is 13.3. The lowest BCUT2D eigenvalue weighted by Gasteiger charge is -2.12. The Hall–Kier alpha value is -2.65. The number of fused-ring (bicyclic) bond motifs is 1. The van der Waals surface area contributed by atoms with Gasteiger partial charge in [0, 0.05) is 40.3 Å². The Balaban J connectivity index is 2.06. The molecule has 0 aliphatic carbocycles. The molecule has 4 aromatic rings. The summed E-state index contributed by atoms with van der Waals surface area (Å²) in [5.41, 5.74) is 5.55. The standard InChI is InChI=1S/C19H14ClN3/c1-13-11-21-9-7-17(13)18-10-14-6-8-22-12-19(14)23(18)16-4-2-15(20)3-5-16/h2-12H,1H3. The van der Waals surface area contributed by atoms with Crippen molar-refractivity contribution in [3.63, 3.8) is 0 Å². The summed E-state index contributed by atoms with van der Waals surface area (Å²) in [6.07, 6.45) is 7.42. The highest BCUT2D eigenvalue weighted by Crippen LogP contribution is 2.32. The van der Waals surface area contributed by atoms with Crippen molar-refractivity contribution in [3.05, 3.63) is 77.8 Å². The van der Waals surface area contributed by atoms with Crippen molar-refractivity contribution in [2.45, 2.75) is 6.92 Å². The van der Waals surface area contributed by atoms with Crippen LogP contribution in [0.15, 0.2) is 67.3 Å². The summed E-state index contributed by atoms with van der Waals surface area (Å²) < 4.78 is 2.21. The molecule has 0 atom stereocenters. The first-order valence-corrected chi connectivity index (χ1v) is 7.74. The molecule has 0 unspecified atom stereocenters. The Morgan fingerprint density at radius 1 is 0.913 bits per heavy atom. The fourth-order valence-electron chi connectivity index (χ4n) is 2.87. The van der Waals surface area contributed by atoms with Crippen molar-refractivity contribution < 1.29 is 0 Å². The highest BCUT2D eigenvalue weighted by atomic mass is 35.5. The fourth-order valence-corrected chi connectivity index (χ4v) is 3.00. The van der Waals surface area contributed by atoms with Crippen molar-refractivity contribution in [2.24, 2.45) is 0 Å². The number of nitrogens with zero attached hydrogens (tertiary/aromatic N) is 3. The Bertz CT molecular complexity index is 987. The predicted molar refractivity (Wildman–Crippen MR) is 94.0 cm³/mol. The third kappa shape index (κ3) is 2.39. The Kier molecular flexibility index (Phi) is 3.36. The van der Waals surface area contributed by atoms with Crippen LogP contribution in [0.2, 0.25) is 5.02 Å². The Morgan fingerprint density at radius 2 is 1.65 bits per heavy atom. The topological polar surface area (TPSA) is 30.7 Å². The normalized spacial score (nSPS) is 11.0. The molecule has 4 rings (SSSR count). The SMILES string of the molecule is Cc1cnccc1-c1cc2ccncc2n1-c1ccc(Cl)cc1. The molecule has 0 spiro atoms. The van der Waals surface area contributed by atoms with Gasteiger partial charge in [-0.2, -0.15) is 0 Å². The van der Waals surface area contributed by atoms with Gasteiger partial charge < -0.3 is 4.57 Å². The lowest BCUT2D eigenvalue weighted by Crippen LogP contribution is -1.98. The molecule has 4 heteroatoms. The van der Waals surface area contributed by atoms with Crippen molar-refractivity contribution in [3.8, 4) is 16.9 Å². The average molecular weight is 320 g/mol. The molecular weight excluding hydrogens is 306 g/mol. The van der Waals surface area contributed by atoms with Crippen LogP contribution in [0.25, 0.3) is 27.8 Å². The van der Waals surface area contributed by atoms with Gasteiger partial charge in [0.15, 0.2) is 0 Å². The zero-order chi connectivity index (χ0) is 15.8. The van der Waals surface area contributed by atoms with Crippen molar-refractivity contribution in [2.75, 3.05) is 0 Å². The van der Waals surface area contributed by atoms with E-state index in [-0.39, 0.29) is 0 Å². The van der Waals surface area contributed by atoms with Crippen molar-refractivity contribution in [1.82, 2.24) is 14.5 Å². The van der Waals surface area contributed by atoms with E-state index in [0.717, 1.165) is 38.4 Å². The third-order valence-electron chi connectivity index (χ3n) is 3.99. The van der Waals surface area contributed by atoms with E-state index >= 15 is 0 Å². The summed E-state index contributed by atoms with van der Waals surface area (Å²) in [4.78, 5) is 8.49. The lowest BCUT2D eigenvalue weighted by atomic mass is 10.1. The van der Waals surface area contributed by atoms with Gasteiger partial charge in [-0.15, -0.1) is 0 Å². The molecule has 0 saturated carbocycles. The molecule has 1 aromatic carbocycles. The first-order chi connectivity index (χ1) is 11.2. The van der Waals surface area contributed by atoms with Gasteiger partial charge in [-0.1, -0.05) is 11.6 Å². The second-order valence-electron chi connectivity index (χ2n) is 5.47. The van der Waals surface area contributed by atoms with Crippen LogP contribution in [-0.2, 0) is 0 Å². The van der Waals surface area contributed by atoms with E-state index in [1.54, 1.807) is 0 Å². The molecule has 0 aliphatic rings. The van der Waals surface area contributed by atoms with E-state index in [1.165, 1.54) is 0 Å². The molecule has 23 heavy (non-hydrogen) atoms. The number of aryl methyl sites for hydroxylation is 1. The Morgan fingerprint density at radius 3 is 2.43 bits per heavy atom. The molecule has 0 radical (unpaired) electrons. The van der Waals surface area contributed by atoms with E-state index in [0.29, 0.717) is 0 Å². The second kappa shape index (κ2) is 5.52. The lowest BCUT2D eigenvalue weighted by molar-refractivity contribution is 1.12. The molecular formula is C19H14ClN3. The van der Waals surface area contributed by atoms with Gasteiger partial charge in [-0.25, -0.2) is 0 Å². The van der Waals surface area contributed by atoms with E-state index in [9.17, 15) is 0 Å². The molecule has 3 aromatic heterocycles. The third-order valence-corrected chi connectivity index (χ3v) is 4.24. The molecule has 112 valence electrons. The average Bonchev–Trinajstić information content (AvgIpc) is 2.95. The van der Waals surface area contributed by atoms with Gasteiger partial charge in [-0.3, -0.25) is 9.97 Å². The van der Waals surface area contributed by atoms with E-state index in [4.69, 9.17) is 11.6 Å². The largest absolute Gasteiger partial charge is 0.308 e. The van der Waals surface area contributed by atoms with Gasteiger partial charge in [-0.05, 0) is 55.0 Å². The molecule has 3 nitrogen and oxygen atoms in total. The summed E-state index contributed by atoms with van der Waals surface area (Å²) in [7, 11) is 0. The number of rotatable bonds is 2. The van der Waals surface area contributed by atoms with Gasteiger partial charge in [0.2, 0.25) is 0 Å². The van der Waals surface area contributed by atoms with Gasteiger partial charge in [0.25, 0.3) is 0 Å². The maximum absolute atomic E-state index is 6.04. The van der Waals surface area contributed by atoms with E-state index < -0.39 is 0 Å². The van der Waals surface area contributed by atoms with Crippen LogP contribution in [0.4, 0.5) is 0 Å². The minimum atomic E-state index is 0.727. The second-order valence-corrected chi connectivity index (χ2v) is 5.90. The molecule has 0 amide bonds. The van der Waals surface area contributed by atoms with E-state index in [1.807, 2.05) is 61.2 Å². The molecule has 0 bridgehead atoms. The van der Waals surface area contributed by atoms with Gasteiger partial charge >= 0.3 is 0 Å². The maximum Gasteiger partial charge on any atom is 0.0718 e. The molecule has 3 heterocycles. The van der Waals surface area contributed by atoms with Crippen LogP contribution in [0.5, 0.6) is 0 Å². The highest BCUT2D eigenvalue weighted by Gasteiger charge is 2.14. The summed E-state index contributed by atoms with van der Waals surface area (Å²) >= 11 is 6.04. The molecule has 0 aliphatic heterocycles. The van der Waals surface area contributed by atoms with Gasteiger partial charge in [0.1, 0.15) is 0 Å². The fraction of sp³-hybridized carbons (Fsp3) is 0.0526. The maximum atomic E-state index is 6.04. The predicted octanol–water partition coefficient (Wildman–Crippen LogP) is 5.05. The number of halogens is 1. The van der Waals surface area contributed by atoms with Crippen LogP contribution in [0.1, 0.15) is 5.56 Å². The highest BCUT2D eigenvalue weighted by molar-refractivity contribution is 6.30. The number of hydrogen-bond acceptors (Lipinski definition) is 2. The molecule has 0 N–H and O–H groups in total. The van der Waals surface area contributed by atoms with Crippen LogP contribution < -0.4 is 0 Å². The van der Waals surface area contributed by atoms with Crippen LogP contribution in [-0.4, -0.2) is 14.5 Å². The van der Waals surface area contributed by atoms with E-state index in [2.05, 4.69) is 27.5 Å². The minimum absolute atomic E-state index is 0.727. The van der Waals surface area contributed by atoms with Crippen LogP contribution >= 0.6 is 11.6 Å². The van der Waals surface area contributed by atoms with Crippen LogP contribution in [0, 0.1) is 6.92 Å². The zero-order valence-electron chi connectivity index (χ0n) is 12.6. The smallest absolute Gasteiger partial charge is 0.0718 e. The minimum Gasteiger partial charge on any atom is -0.308 e. The van der Waals surface area contributed by atoms with Crippen molar-refractivity contribution in [1.29, 1.82) is 0 Å². The summed E-state index contributed by atoms with van der Waals surface area (Å²) in [5.74, 6) is 0. The number of benzene rings is 1. The molecule has 0 fully saturated rings. The summed E-state index contributed by atoms with van der Waals surface area (Å²) in [5, 5.41) is 1.88. The number of aromatic nitrogens is 3. The quantitative estimate of drug-likeness (QED) is 0.517. The number of pyridine rings is 2. The monoisotopic (exact) mass is 319 g/mol. The van der Waals surface area contributed by atoms with Gasteiger partial charge in [0.05, 0.1) is 17.4 Å².